The minimum absolute atomic E-state index is 0. The maximum atomic E-state index is 13.5. The highest BCUT2D eigenvalue weighted by Crippen LogP contribution is 2.37. The number of hydrogen-bond donors (Lipinski definition) is 4. The average molecular weight is 1900 g/mol. The number of carbonyl (C=O) groups excluding carboxylic acids is 5. The molecule has 133 heavy (non-hydrogen) atoms. The number of Topliss-reactive ketones (excluding diaryl/α,β-unsaturated/α-hetero) is 1. The van der Waals surface area contributed by atoms with Crippen molar-refractivity contribution in [1.29, 1.82) is 0 Å². The Morgan fingerprint density at radius 3 is 1.39 bits per heavy atom. The number of hydrogen-bond acceptors (Lipinski definition) is 25. The van der Waals surface area contributed by atoms with Gasteiger partial charge in [-0.2, -0.15) is 13.2 Å². The molecule has 0 spiro atoms. The van der Waals surface area contributed by atoms with E-state index < -0.39 is 72.1 Å². The molecular weight excluding hydrogens is 1800 g/mol. The Morgan fingerprint density at radius 1 is 0.511 bits per heavy atom. The van der Waals surface area contributed by atoms with Gasteiger partial charge in [0.1, 0.15) is 40.5 Å². The zero-order chi connectivity index (χ0) is 98.0. The molecule has 5 heterocycles. The van der Waals surface area contributed by atoms with E-state index in [0.29, 0.717) is 101 Å². The summed E-state index contributed by atoms with van der Waals surface area (Å²) in [6.45, 7) is 9.17. The molecule has 0 aliphatic carbocycles. The number of aliphatic carboxylic acids is 1. The molecule has 0 unspecified atom stereocenters. The van der Waals surface area contributed by atoms with E-state index in [1.54, 1.807) is 115 Å². The number of nitrogens with zero attached hydrogens (tertiary/aromatic N) is 9. The first-order valence-corrected chi connectivity index (χ1v) is 39.9. The number of pyridine rings is 2. The number of halogens is 9. The molecule has 710 valence electrons. The highest BCUT2D eigenvalue weighted by molar-refractivity contribution is 6.61. The van der Waals surface area contributed by atoms with Gasteiger partial charge in [-0.3, -0.25) is 69.6 Å². The summed E-state index contributed by atoms with van der Waals surface area (Å²) in [6.07, 6.45) is 7.15. The number of aryl methyl sites for hydroxylation is 3. The molecule has 0 bridgehead atoms. The quantitative estimate of drug-likeness (QED) is 0.0229. The van der Waals surface area contributed by atoms with Crippen LogP contribution in [0.1, 0.15) is 79.2 Å². The van der Waals surface area contributed by atoms with E-state index in [1.807, 2.05) is 36.4 Å². The van der Waals surface area contributed by atoms with Gasteiger partial charge in [0.2, 0.25) is 23.4 Å². The number of likely N-dealkylation sites (N-methyl/N-ethyl adjacent to an activating group) is 1. The van der Waals surface area contributed by atoms with Gasteiger partial charge in [0.05, 0.1) is 110 Å². The fourth-order valence-corrected chi connectivity index (χ4v) is 12.4. The second-order valence-electron chi connectivity index (χ2n) is 28.3. The molecule has 0 fully saturated rings. The summed E-state index contributed by atoms with van der Waals surface area (Å²) >= 11 is 4.60. The van der Waals surface area contributed by atoms with Gasteiger partial charge in [0, 0.05) is 88.5 Å². The summed E-state index contributed by atoms with van der Waals surface area (Å²) < 4.78 is 110. The maximum absolute atomic E-state index is 13.5. The smallest absolute Gasteiger partial charge is 0.409 e. The number of benzene rings is 9. The largest absolute Gasteiger partial charge is 0.497 e. The Bertz CT molecular complexity index is 5800. The standard InChI is InChI=1S/C19H21N3O5.C11H11FN2O4.C11H14FNO2.C10H11FO.C9H9FN2O2.C9H5FN2O2.C9H6FN.C9H9FO2.C2H3ClO2.C2H7NO.ClH/c1-26-15-6-3-13(4-7-15)11-20-17-8-5-14-9-10-21(19(23)27-2)12-16(14)18(17)22(24)25;1-18-11(15)13-5-4-7-2-3-9(12)10(14(16)17)8(7)6-13;1-8-4-5-9(6-10(8)12)7-11(14)13(2)15-3;1-7-3-4-9(5-8(2)12)6-10(7)11;2*10-8-2-1-6-3-4-11-5-7(6)9(8)12(13)14;10-9-2-1-7-3-4-11-6-8(7)5-9;1-6-2-3-7(4-8(6)10)5-9(11)12;1-5-2(3)4;1-3-4-2;/h3-8,20H,9-12H2,1-2H3;2-3H,4-6H2,1H3;4-6H,7H2,1-3H3;3-4,6H,5H2,1-2H3;1-2,11H,3-5H2;1-5H;1-6H;2-4H,5H2,1H3,(H,11,12);1H3;3H,1-2H3;1H. The average Bonchev–Trinajstić information content (AvgIpc) is 0.789. The summed E-state index contributed by atoms with van der Waals surface area (Å²) in [5.74, 6) is -3.93. The molecule has 33 nitrogen and oxygen atoms in total. The van der Waals surface area contributed by atoms with Crippen LogP contribution in [0.15, 0.2) is 183 Å². The number of hydroxylamine groups is 3. The first-order chi connectivity index (χ1) is 62.7. The maximum Gasteiger partial charge on any atom is 0.409 e. The number of ether oxygens (including phenoxy) is 4. The summed E-state index contributed by atoms with van der Waals surface area (Å²) in [4.78, 5) is 126. The number of nitrogens with one attached hydrogen (secondary N) is 3. The molecule has 3 aliphatic heterocycles. The SMILES string of the molecule is CC(=O)Cc1ccc(C)c(F)c1.CNOC.COC(=O)Cl.COC(=O)N1CCc2ccc(F)c([N+](=O)[O-])c2C1.COC(=O)N1CCc2ccc(NCc3ccc(OC)cc3)c([N+](=O)[O-])c2C1.CON(C)C(=O)Cc1ccc(C)c(F)c1.Cc1ccc(CC(=O)O)cc1F.Cl.Fc1ccc2ccncc2c1.O=[N+]([O-])c1c(F)ccc2c1CNCC2.O=[N+]([O-])c1c(F)ccc2ccncc12. The van der Waals surface area contributed by atoms with Crippen molar-refractivity contribution in [2.24, 2.45) is 0 Å². The molecule has 0 atom stereocenters. The monoisotopic (exact) mass is 1900 g/mol. The van der Waals surface area contributed by atoms with E-state index in [9.17, 15) is 100.0 Å². The summed E-state index contributed by atoms with van der Waals surface area (Å²) in [6, 6.07) is 41.3. The Balaban J connectivity index is 0.000000318. The molecule has 0 saturated carbocycles. The third-order valence-corrected chi connectivity index (χ3v) is 19.5. The van der Waals surface area contributed by atoms with Crippen LogP contribution in [-0.2, 0) is 103 Å². The number of aromatic nitrogens is 2. The molecule has 0 saturated heterocycles. The first-order valence-electron chi connectivity index (χ1n) is 39.5. The van der Waals surface area contributed by atoms with E-state index in [1.165, 1.54) is 113 Å². The van der Waals surface area contributed by atoms with Crippen LogP contribution in [0.3, 0.4) is 0 Å². The Hall–Kier alpha value is -14.5. The number of rotatable bonds is 16. The normalized spacial score (nSPS) is 11.4. The van der Waals surface area contributed by atoms with Crippen LogP contribution < -0.4 is 20.9 Å². The predicted octanol–water partition coefficient (Wildman–Crippen LogP) is 18.1. The van der Waals surface area contributed by atoms with Crippen molar-refractivity contribution in [2.45, 2.75) is 92.4 Å². The lowest BCUT2D eigenvalue weighted by molar-refractivity contribution is -0.388. The minimum atomic E-state index is -0.946. The van der Waals surface area contributed by atoms with Gasteiger partial charge in [0.15, 0.2) is 0 Å². The van der Waals surface area contributed by atoms with Gasteiger partial charge >= 0.3 is 40.6 Å². The van der Waals surface area contributed by atoms with Crippen molar-refractivity contribution in [1.82, 2.24) is 35.6 Å². The van der Waals surface area contributed by atoms with Crippen LogP contribution in [0.2, 0.25) is 0 Å². The fourth-order valence-electron chi connectivity index (χ4n) is 12.4. The van der Waals surface area contributed by atoms with Crippen molar-refractivity contribution in [3.63, 3.8) is 0 Å². The minimum Gasteiger partial charge on any atom is -0.497 e. The predicted molar refractivity (Wildman–Crippen MR) is 482 cm³/mol. The molecular formula is C91H97Cl2F7N12O21. The number of carboxylic acid groups (broad SMARTS) is 1. The molecule has 14 rings (SSSR count). The van der Waals surface area contributed by atoms with Gasteiger partial charge in [-0.25, -0.2) is 42.5 Å². The second-order valence-corrected chi connectivity index (χ2v) is 28.6. The van der Waals surface area contributed by atoms with Gasteiger partial charge in [-0.1, -0.05) is 78.9 Å². The van der Waals surface area contributed by atoms with Gasteiger partial charge in [-0.05, 0) is 199 Å². The number of nitro benzene ring substituents is 4. The van der Waals surface area contributed by atoms with Crippen molar-refractivity contribution in [3.8, 4) is 5.75 Å². The highest BCUT2D eigenvalue weighted by atomic mass is 35.5. The van der Waals surface area contributed by atoms with E-state index in [2.05, 4.69) is 52.0 Å². The van der Waals surface area contributed by atoms with Gasteiger partial charge < -0.3 is 49.3 Å². The number of nitro groups is 4. The number of amides is 3. The Morgan fingerprint density at radius 2 is 0.940 bits per heavy atom. The van der Waals surface area contributed by atoms with Crippen LogP contribution in [0, 0.1) is 102 Å². The number of carboxylic acids is 1. The van der Waals surface area contributed by atoms with E-state index in [-0.39, 0.29) is 95.6 Å². The van der Waals surface area contributed by atoms with E-state index >= 15 is 0 Å². The van der Waals surface area contributed by atoms with Crippen LogP contribution in [0.5, 0.6) is 5.75 Å². The van der Waals surface area contributed by atoms with Crippen LogP contribution in [-0.4, -0.2) is 161 Å². The van der Waals surface area contributed by atoms with Crippen LogP contribution >= 0.6 is 24.0 Å². The third kappa shape index (κ3) is 35.4. The number of fused-ring (bicyclic) bond motifs is 5. The lowest BCUT2D eigenvalue weighted by atomic mass is 9.97. The number of anilines is 1. The highest BCUT2D eigenvalue weighted by Gasteiger charge is 2.33. The van der Waals surface area contributed by atoms with Crippen molar-refractivity contribution in [3.05, 3.63) is 336 Å². The molecule has 3 amide bonds. The molecule has 42 heteroatoms. The zero-order valence-electron chi connectivity index (χ0n) is 74.1. The molecule has 9 aromatic carbocycles. The zero-order valence-corrected chi connectivity index (χ0v) is 75.7. The Labute approximate surface area is 770 Å². The number of methoxy groups -OCH3 is 4. The van der Waals surface area contributed by atoms with Gasteiger partial charge in [-0.15, -0.1) is 12.4 Å². The van der Waals surface area contributed by atoms with Crippen molar-refractivity contribution >= 4 is 109 Å². The summed E-state index contributed by atoms with van der Waals surface area (Å²) in [5.41, 5.74) is 8.96. The fraction of sp³-hybridized carbons (Fsp3) is 0.275. The van der Waals surface area contributed by atoms with Crippen molar-refractivity contribution in [2.75, 3.05) is 81.7 Å². The van der Waals surface area contributed by atoms with E-state index in [4.69, 9.17) is 19.4 Å². The molecule has 4 N–H and O–H groups in total. The number of ketones is 1. The first kappa shape index (κ1) is 111. The van der Waals surface area contributed by atoms with Crippen LogP contribution in [0.25, 0.3) is 21.5 Å². The molecule has 2 aromatic heterocycles. The lowest BCUT2D eigenvalue weighted by Gasteiger charge is -2.27. The summed E-state index contributed by atoms with van der Waals surface area (Å²) in [7, 11) is 11.6. The van der Waals surface area contributed by atoms with Crippen LogP contribution in [0.4, 0.5) is 73.6 Å². The molecule has 3 aliphatic rings. The number of carbonyl (C=O) groups is 6. The van der Waals surface area contributed by atoms with Gasteiger partial charge in [0.25, 0.3) is 5.69 Å². The molecule has 0 radical (unpaired) electrons. The summed E-state index contributed by atoms with van der Waals surface area (Å²) in [5, 5.41) is 62.2. The topological polar surface area (TPSA) is 422 Å². The molecule has 11 aromatic rings. The van der Waals surface area contributed by atoms with E-state index in [0.717, 1.165) is 68.9 Å². The Kier molecular flexibility index (Phi) is 46.9. The lowest BCUT2D eigenvalue weighted by Crippen LogP contribution is -2.36. The van der Waals surface area contributed by atoms with Crippen molar-refractivity contribution < 1.29 is 113 Å². The third-order valence-electron chi connectivity index (χ3n) is 19.4. The second kappa shape index (κ2) is 56.2.